The Kier molecular flexibility index (Phi) is 4.53. The molecule has 1 aliphatic heterocycles. The zero-order chi connectivity index (χ0) is 18.1. The molecule has 1 aromatic carbocycles. The molecule has 2 aliphatic rings. The number of ketones is 1. The minimum atomic E-state index is -1.02. The van der Waals surface area contributed by atoms with Crippen molar-refractivity contribution in [3.63, 3.8) is 0 Å². The Labute approximate surface area is 145 Å². The summed E-state index contributed by atoms with van der Waals surface area (Å²) in [5, 5.41) is 9.08. The van der Waals surface area contributed by atoms with Gasteiger partial charge in [0.15, 0.2) is 5.78 Å². The van der Waals surface area contributed by atoms with Gasteiger partial charge in [0.2, 0.25) is 0 Å². The Bertz CT molecular complexity index is 804. The highest BCUT2D eigenvalue weighted by molar-refractivity contribution is 6.08. The number of nitrogens with zero attached hydrogens (tertiary/aromatic N) is 1. The molecular formula is C19H19NO5. The second-order valence-corrected chi connectivity index (χ2v) is 6.30. The van der Waals surface area contributed by atoms with E-state index in [1.54, 1.807) is 19.1 Å². The quantitative estimate of drug-likeness (QED) is 0.853. The number of carbonyl (C=O) groups excluding carboxylic acids is 2. The molecule has 3 rings (SSSR count). The molecule has 1 aliphatic carbocycles. The van der Waals surface area contributed by atoms with Crippen LogP contribution in [0.2, 0.25) is 0 Å². The summed E-state index contributed by atoms with van der Waals surface area (Å²) >= 11 is 0. The van der Waals surface area contributed by atoms with E-state index in [0.717, 1.165) is 17.7 Å². The van der Waals surface area contributed by atoms with Gasteiger partial charge >= 0.3 is 11.9 Å². The first-order valence-corrected chi connectivity index (χ1v) is 8.16. The summed E-state index contributed by atoms with van der Waals surface area (Å²) in [5.41, 5.74) is 2.80. The van der Waals surface area contributed by atoms with Gasteiger partial charge in [0.1, 0.15) is 5.92 Å². The van der Waals surface area contributed by atoms with Crippen molar-refractivity contribution in [3.8, 4) is 0 Å². The van der Waals surface area contributed by atoms with Gasteiger partial charge in [-0.3, -0.25) is 14.6 Å². The molecule has 1 N–H and O–H groups in total. The number of carboxylic acid groups (broad SMARTS) is 1. The fraction of sp³-hybridized carbons (Fsp3) is 0.368. The molecule has 6 nitrogen and oxygen atoms in total. The first-order valence-electron chi connectivity index (χ1n) is 8.16. The molecule has 0 saturated carbocycles. The van der Waals surface area contributed by atoms with E-state index in [0.29, 0.717) is 24.1 Å². The molecule has 0 aromatic heterocycles. The first kappa shape index (κ1) is 17.1. The van der Waals surface area contributed by atoms with Crippen LogP contribution >= 0.6 is 0 Å². The molecule has 6 heteroatoms. The summed E-state index contributed by atoms with van der Waals surface area (Å²) in [5.74, 6) is -2.64. The molecule has 0 spiro atoms. The maximum atomic E-state index is 12.6. The molecule has 25 heavy (non-hydrogen) atoms. The lowest BCUT2D eigenvalue weighted by atomic mass is 9.71. The predicted octanol–water partition coefficient (Wildman–Crippen LogP) is 2.74. The Balaban J connectivity index is 2.14. The minimum absolute atomic E-state index is 0.00119. The molecule has 1 heterocycles. The maximum absolute atomic E-state index is 12.6. The molecule has 0 amide bonds. The number of carboxylic acids is 1. The summed E-state index contributed by atoms with van der Waals surface area (Å²) in [6.07, 6.45) is 1.89. The zero-order valence-corrected chi connectivity index (χ0v) is 14.1. The van der Waals surface area contributed by atoms with Crippen LogP contribution in [0.3, 0.4) is 0 Å². The summed E-state index contributed by atoms with van der Waals surface area (Å²) < 4.78 is 4.94. The third-order valence-electron chi connectivity index (χ3n) is 4.81. The van der Waals surface area contributed by atoms with E-state index in [9.17, 15) is 14.4 Å². The van der Waals surface area contributed by atoms with Crippen molar-refractivity contribution in [1.82, 2.24) is 0 Å². The van der Waals surface area contributed by atoms with Gasteiger partial charge in [0.25, 0.3) is 0 Å². The van der Waals surface area contributed by atoms with Crippen LogP contribution in [0.5, 0.6) is 0 Å². The molecule has 2 atom stereocenters. The third-order valence-corrected chi connectivity index (χ3v) is 4.81. The van der Waals surface area contributed by atoms with Crippen LogP contribution in [0.4, 0.5) is 0 Å². The van der Waals surface area contributed by atoms with Crippen molar-refractivity contribution in [2.45, 2.75) is 32.1 Å². The Morgan fingerprint density at radius 2 is 1.88 bits per heavy atom. The van der Waals surface area contributed by atoms with Crippen LogP contribution in [-0.4, -0.2) is 35.6 Å². The Hall–Kier alpha value is -2.76. The smallest absolute Gasteiger partial charge is 0.335 e. The van der Waals surface area contributed by atoms with Gasteiger partial charge in [0.05, 0.1) is 12.7 Å². The van der Waals surface area contributed by atoms with Gasteiger partial charge in [-0.05, 0) is 37.5 Å². The number of rotatable bonds is 3. The van der Waals surface area contributed by atoms with Gasteiger partial charge in [-0.25, -0.2) is 4.79 Å². The van der Waals surface area contributed by atoms with Crippen LogP contribution in [0.15, 0.2) is 40.5 Å². The van der Waals surface area contributed by atoms with Crippen molar-refractivity contribution < 1.29 is 24.2 Å². The van der Waals surface area contributed by atoms with Crippen LogP contribution in [0.25, 0.3) is 0 Å². The number of aromatic carboxylic acids is 1. The Morgan fingerprint density at radius 3 is 2.48 bits per heavy atom. The average Bonchev–Trinajstić information content (AvgIpc) is 2.60. The van der Waals surface area contributed by atoms with Crippen molar-refractivity contribution in [1.29, 1.82) is 0 Å². The van der Waals surface area contributed by atoms with Crippen molar-refractivity contribution >= 4 is 23.4 Å². The van der Waals surface area contributed by atoms with E-state index in [1.807, 2.05) is 0 Å². The van der Waals surface area contributed by atoms with Crippen molar-refractivity contribution in [2.75, 3.05) is 7.11 Å². The number of methoxy groups -OCH3 is 1. The highest BCUT2D eigenvalue weighted by Crippen LogP contribution is 2.43. The minimum Gasteiger partial charge on any atom is -0.478 e. The van der Waals surface area contributed by atoms with E-state index in [-0.39, 0.29) is 11.3 Å². The molecule has 1 aromatic rings. The topological polar surface area (TPSA) is 93.0 Å². The lowest BCUT2D eigenvalue weighted by Gasteiger charge is -2.34. The number of benzene rings is 1. The molecule has 0 saturated heterocycles. The van der Waals surface area contributed by atoms with Crippen LogP contribution in [0.1, 0.15) is 48.0 Å². The van der Waals surface area contributed by atoms with Gasteiger partial charge < -0.3 is 9.84 Å². The average molecular weight is 341 g/mol. The van der Waals surface area contributed by atoms with E-state index in [2.05, 4.69) is 4.99 Å². The zero-order valence-electron chi connectivity index (χ0n) is 14.1. The maximum Gasteiger partial charge on any atom is 0.335 e. The summed E-state index contributed by atoms with van der Waals surface area (Å²) in [6.45, 7) is 1.77. The van der Waals surface area contributed by atoms with Crippen LogP contribution in [-0.2, 0) is 14.3 Å². The number of allylic oxidation sites excluding steroid dienone is 2. The number of hydrogen-bond donors (Lipinski definition) is 1. The lowest BCUT2D eigenvalue weighted by molar-refractivity contribution is -0.143. The van der Waals surface area contributed by atoms with Crippen LogP contribution in [0, 0.1) is 5.92 Å². The molecular weight excluding hydrogens is 322 g/mol. The highest BCUT2D eigenvalue weighted by Gasteiger charge is 2.42. The number of aliphatic imine (C=N–C) groups is 1. The molecule has 1 unspecified atom stereocenters. The SMILES string of the molecule is COC(=O)C1C(C)=NC2=C(C(=O)CCC2)[C@@H]1c1ccc(C(=O)O)cc1. The van der Waals surface area contributed by atoms with Crippen LogP contribution < -0.4 is 0 Å². The molecule has 130 valence electrons. The number of carbonyl (C=O) groups is 3. The van der Waals surface area contributed by atoms with E-state index in [4.69, 9.17) is 9.84 Å². The fourth-order valence-corrected chi connectivity index (χ4v) is 3.63. The highest BCUT2D eigenvalue weighted by atomic mass is 16.5. The number of ether oxygens (including phenoxy) is 1. The molecule has 0 radical (unpaired) electrons. The monoisotopic (exact) mass is 341 g/mol. The second kappa shape index (κ2) is 6.63. The van der Waals surface area contributed by atoms with E-state index >= 15 is 0 Å². The first-order chi connectivity index (χ1) is 11.9. The predicted molar refractivity (Wildman–Crippen MR) is 90.6 cm³/mol. The second-order valence-electron chi connectivity index (χ2n) is 6.30. The van der Waals surface area contributed by atoms with Crippen molar-refractivity contribution in [2.24, 2.45) is 10.9 Å². The van der Waals surface area contributed by atoms with Gasteiger partial charge in [-0.2, -0.15) is 0 Å². The largest absolute Gasteiger partial charge is 0.478 e. The summed E-state index contributed by atoms with van der Waals surface area (Å²) in [6, 6.07) is 6.30. The Morgan fingerprint density at radius 1 is 1.20 bits per heavy atom. The lowest BCUT2D eigenvalue weighted by Crippen LogP contribution is -2.36. The normalized spacial score (nSPS) is 23.0. The molecule has 0 fully saturated rings. The van der Waals surface area contributed by atoms with Gasteiger partial charge in [0, 0.05) is 29.3 Å². The van der Waals surface area contributed by atoms with E-state index < -0.39 is 23.8 Å². The molecule has 0 bridgehead atoms. The van der Waals surface area contributed by atoms with Gasteiger partial charge in [-0.15, -0.1) is 0 Å². The standard InChI is InChI=1S/C19H19NO5/c1-10-15(19(24)25-2)16(11-6-8-12(9-7-11)18(22)23)17-13(20-10)4-3-5-14(17)21/h6-9,15-16H,3-5H2,1-2H3,(H,22,23)/t15?,16-/m1/s1. The summed E-state index contributed by atoms with van der Waals surface area (Å²) in [7, 11) is 1.31. The third kappa shape index (κ3) is 2.99. The van der Waals surface area contributed by atoms with E-state index in [1.165, 1.54) is 19.2 Å². The fourth-order valence-electron chi connectivity index (χ4n) is 3.63. The van der Waals surface area contributed by atoms with Gasteiger partial charge in [-0.1, -0.05) is 12.1 Å². The van der Waals surface area contributed by atoms with Crippen molar-refractivity contribution in [3.05, 3.63) is 46.7 Å². The number of hydrogen-bond acceptors (Lipinski definition) is 5. The number of Topliss-reactive ketones (excluding diaryl/α,β-unsaturated/α-hetero) is 1. The number of esters is 1. The summed E-state index contributed by atoms with van der Waals surface area (Å²) in [4.78, 5) is 40.6.